The molecule has 9 heterocycles. The lowest BCUT2D eigenvalue weighted by Gasteiger charge is -2.13. The molecule has 12 nitrogen and oxygen atoms in total. The van der Waals surface area contributed by atoms with Crippen LogP contribution in [-0.4, -0.2) is 59.8 Å². The third-order valence-corrected chi connectivity index (χ3v) is 20.5. The second-order valence-corrected chi connectivity index (χ2v) is 27.0. The van der Waals surface area contributed by atoms with E-state index < -0.39 is 0 Å². The fourth-order valence-electron chi connectivity index (χ4n) is 15.3. The average Bonchev–Trinajstić information content (AvgIpc) is 0.748. The van der Waals surface area contributed by atoms with E-state index in [1.165, 1.54) is 53.9 Å². The number of pyridine rings is 7. The number of nitrogens with zero attached hydrogens (tertiary/aromatic N) is 12. The highest BCUT2D eigenvalue weighted by Crippen LogP contribution is 2.42. The summed E-state index contributed by atoms with van der Waals surface area (Å²) < 4.78 is 0. The van der Waals surface area contributed by atoms with Crippen molar-refractivity contribution >= 4 is 119 Å². The molecule has 512 valence electrons. The first-order valence-corrected chi connectivity index (χ1v) is 36.5. The molecular formula is C98H60N12. The van der Waals surface area contributed by atoms with E-state index in [0.717, 1.165) is 127 Å². The van der Waals surface area contributed by atoms with Crippen molar-refractivity contribution in [2.75, 3.05) is 0 Å². The molecule has 0 atom stereocenters. The zero-order chi connectivity index (χ0) is 72.9. The van der Waals surface area contributed by atoms with Crippen molar-refractivity contribution in [3.05, 3.63) is 365 Å². The average molecular weight is 1410 g/mol. The quantitative estimate of drug-likeness (QED) is 0.133. The number of rotatable bonds is 8. The van der Waals surface area contributed by atoms with Crippen LogP contribution in [0.4, 0.5) is 0 Å². The minimum Gasteiger partial charge on any atom is -0.256 e. The van der Waals surface area contributed by atoms with E-state index in [0.29, 0.717) is 28.9 Å². The van der Waals surface area contributed by atoms with Gasteiger partial charge in [-0.25, -0.2) is 39.9 Å². The van der Waals surface area contributed by atoms with E-state index in [1.807, 2.05) is 152 Å². The molecule has 0 saturated carbocycles. The van der Waals surface area contributed by atoms with Crippen molar-refractivity contribution < 1.29 is 0 Å². The summed E-state index contributed by atoms with van der Waals surface area (Å²) in [6, 6.07) is 112. The second-order valence-electron chi connectivity index (χ2n) is 27.0. The SMILES string of the molecule is c1ccc(-c2nc(-c3ccccc3)nc(-c3cnc(-c4nc5ccccc5c5c4ccc4ccccc45)nc3)n2)cc1.c1ccc2c(-c3ccc(-c4nc5ccccc5c5c4ccc4ccccc45)cn3)nccc2c1.c1ccc2c(c1)ccc1c(-c3ccc(-c4cccc5ncccc45)nc3)nc3ccccc3c12. The number of fused-ring (bicyclic) bond motifs is 17. The maximum atomic E-state index is 5.08. The van der Waals surface area contributed by atoms with E-state index in [2.05, 4.69) is 210 Å². The van der Waals surface area contributed by atoms with E-state index in [4.69, 9.17) is 49.8 Å². The highest BCUT2D eigenvalue weighted by atomic mass is 15.0. The van der Waals surface area contributed by atoms with Crippen molar-refractivity contribution in [3.63, 3.8) is 0 Å². The Labute approximate surface area is 630 Å². The summed E-state index contributed by atoms with van der Waals surface area (Å²) in [4.78, 5) is 58.0. The number of para-hydroxylation sites is 3. The highest BCUT2D eigenvalue weighted by molar-refractivity contribution is 6.25. The summed E-state index contributed by atoms with van der Waals surface area (Å²) in [5, 5.41) is 21.0. The first kappa shape index (κ1) is 64.5. The summed E-state index contributed by atoms with van der Waals surface area (Å²) in [5.74, 6) is 2.25. The van der Waals surface area contributed by atoms with Crippen molar-refractivity contribution in [1.29, 1.82) is 0 Å². The van der Waals surface area contributed by atoms with Gasteiger partial charge < -0.3 is 0 Å². The fourth-order valence-corrected chi connectivity index (χ4v) is 15.3. The molecule has 0 unspecified atom stereocenters. The molecule has 9 aromatic heterocycles. The van der Waals surface area contributed by atoms with Crippen LogP contribution < -0.4 is 0 Å². The number of hydrogen-bond donors (Lipinski definition) is 0. The normalized spacial score (nSPS) is 11.5. The Kier molecular flexibility index (Phi) is 16.2. The van der Waals surface area contributed by atoms with Crippen molar-refractivity contribution in [3.8, 4) is 90.8 Å². The van der Waals surface area contributed by atoms with Gasteiger partial charge in [0.05, 0.1) is 56.1 Å². The number of aromatic nitrogens is 12. The van der Waals surface area contributed by atoms with Gasteiger partial charge in [0.1, 0.15) is 5.69 Å². The van der Waals surface area contributed by atoms with Gasteiger partial charge in [-0.1, -0.05) is 267 Å². The van der Waals surface area contributed by atoms with Gasteiger partial charge in [-0.15, -0.1) is 0 Å². The Balaban J connectivity index is 0.000000109. The maximum absolute atomic E-state index is 5.08. The van der Waals surface area contributed by atoms with E-state index in [-0.39, 0.29) is 0 Å². The molecular weight excluding hydrogens is 1350 g/mol. The summed E-state index contributed by atoms with van der Waals surface area (Å²) in [7, 11) is 0. The molecule has 13 aromatic carbocycles. The Morgan fingerprint density at radius 2 is 0.555 bits per heavy atom. The Hall–Kier alpha value is -15.1. The predicted octanol–water partition coefficient (Wildman–Crippen LogP) is 23.8. The van der Waals surface area contributed by atoms with Crippen LogP contribution in [0.1, 0.15) is 0 Å². The standard InChI is InChI=1S/C36H22N6.2C31H19N3/c1-3-12-24(13-4-1)33-40-34(25-14-5-2-6-15-25)42-35(41-33)26-21-37-36(38-22-26)32-29-20-19-23-11-7-8-16-27(23)31(29)28-17-9-10-18-30(28)39-32;1-3-9-23-20(7-1)13-15-26-29(23)25-11-5-6-12-27(25)34-30(26)22-14-16-28(33-19-22)31-24-10-4-2-8-21(24)17-18-32-31;1-2-8-22-20(7-1)14-16-26-30(22)25-9-3-4-12-29(25)34-31(26)21-15-17-28(33-19-21)23-10-5-13-27-24(23)11-6-18-32-27/h1-22H;2*1-19H. The molecule has 0 aliphatic rings. The molecule has 22 aromatic rings. The maximum Gasteiger partial charge on any atom is 0.178 e. The third kappa shape index (κ3) is 11.8. The van der Waals surface area contributed by atoms with Gasteiger partial charge >= 0.3 is 0 Å². The second kappa shape index (κ2) is 27.7. The zero-order valence-corrected chi connectivity index (χ0v) is 59.0. The Morgan fingerprint density at radius 3 is 1.05 bits per heavy atom. The van der Waals surface area contributed by atoms with Gasteiger partial charge in [-0.05, 0) is 98.4 Å². The lowest BCUT2D eigenvalue weighted by Crippen LogP contribution is -2.01. The van der Waals surface area contributed by atoms with Gasteiger partial charge in [0.2, 0.25) is 0 Å². The molecule has 110 heavy (non-hydrogen) atoms. The molecule has 0 amide bonds. The van der Waals surface area contributed by atoms with Gasteiger partial charge in [0.15, 0.2) is 23.3 Å². The molecule has 0 radical (unpaired) electrons. The van der Waals surface area contributed by atoms with E-state index >= 15 is 0 Å². The minimum absolute atomic E-state index is 0.511. The highest BCUT2D eigenvalue weighted by Gasteiger charge is 2.21. The van der Waals surface area contributed by atoms with Gasteiger partial charge in [0.25, 0.3) is 0 Å². The first-order chi connectivity index (χ1) is 54.5. The van der Waals surface area contributed by atoms with Crippen LogP contribution >= 0.6 is 0 Å². The van der Waals surface area contributed by atoms with Crippen molar-refractivity contribution in [1.82, 2.24) is 59.8 Å². The molecule has 0 fully saturated rings. The fraction of sp³-hybridized carbons (Fsp3) is 0. The Bertz CT molecular complexity index is 6940. The van der Waals surface area contributed by atoms with E-state index in [1.54, 1.807) is 12.4 Å². The molecule has 0 spiro atoms. The van der Waals surface area contributed by atoms with Crippen LogP contribution in [0.25, 0.3) is 210 Å². The third-order valence-electron chi connectivity index (χ3n) is 20.5. The predicted molar refractivity (Wildman–Crippen MR) is 449 cm³/mol. The molecule has 0 saturated heterocycles. The Morgan fingerprint density at radius 1 is 0.164 bits per heavy atom. The number of benzene rings is 13. The molecule has 0 aliphatic carbocycles. The van der Waals surface area contributed by atoms with Gasteiger partial charge in [-0.2, -0.15) is 0 Å². The van der Waals surface area contributed by atoms with Crippen LogP contribution in [0.15, 0.2) is 365 Å². The number of hydrogen-bond acceptors (Lipinski definition) is 12. The van der Waals surface area contributed by atoms with Crippen molar-refractivity contribution in [2.24, 2.45) is 0 Å². The lowest BCUT2D eigenvalue weighted by atomic mass is 9.95. The minimum atomic E-state index is 0.511. The van der Waals surface area contributed by atoms with E-state index in [9.17, 15) is 0 Å². The summed E-state index contributed by atoms with van der Waals surface area (Å²) in [6.45, 7) is 0. The molecule has 0 N–H and O–H groups in total. The summed E-state index contributed by atoms with van der Waals surface area (Å²) in [6.07, 6.45) is 11.1. The first-order valence-electron chi connectivity index (χ1n) is 36.5. The van der Waals surface area contributed by atoms with Gasteiger partial charge in [0, 0.05) is 124 Å². The molecule has 22 rings (SSSR count). The van der Waals surface area contributed by atoms with Crippen LogP contribution in [0.2, 0.25) is 0 Å². The molecule has 0 bridgehead atoms. The molecule has 12 heteroatoms. The summed E-state index contributed by atoms with van der Waals surface area (Å²) in [5.41, 5.74) is 14.8. The van der Waals surface area contributed by atoms with Crippen LogP contribution in [-0.2, 0) is 0 Å². The smallest absolute Gasteiger partial charge is 0.178 e. The lowest BCUT2D eigenvalue weighted by molar-refractivity contribution is 1.06. The largest absolute Gasteiger partial charge is 0.256 e. The monoisotopic (exact) mass is 1400 g/mol. The zero-order valence-electron chi connectivity index (χ0n) is 59.0. The van der Waals surface area contributed by atoms with Crippen LogP contribution in [0, 0.1) is 0 Å². The molecule has 0 aliphatic heterocycles. The van der Waals surface area contributed by atoms with Crippen molar-refractivity contribution in [2.45, 2.75) is 0 Å². The van der Waals surface area contributed by atoms with Gasteiger partial charge in [-0.3, -0.25) is 19.9 Å². The summed E-state index contributed by atoms with van der Waals surface area (Å²) >= 11 is 0. The van der Waals surface area contributed by atoms with Crippen LogP contribution in [0.5, 0.6) is 0 Å². The topological polar surface area (TPSA) is 155 Å². The van der Waals surface area contributed by atoms with Crippen LogP contribution in [0.3, 0.4) is 0 Å².